The average molecular weight is 328 g/mol. The summed E-state index contributed by atoms with van der Waals surface area (Å²) in [5.41, 5.74) is 1.20. The van der Waals surface area contributed by atoms with E-state index in [4.69, 9.17) is 0 Å². The number of ether oxygens (including phenoxy) is 1. The zero-order valence-corrected chi connectivity index (χ0v) is 14.0. The molecule has 1 heterocycles. The van der Waals surface area contributed by atoms with Crippen molar-refractivity contribution >= 4 is 17.7 Å². The first kappa shape index (κ1) is 15.5. The molecule has 5 heteroatoms. The number of methoxy groups -OCH3 is 1. The summed E-state index contributed by atoms with van der Waals surface area (Å²) in [4.78, 5) is 26.0. The number of amides is 2. The minimum Gasteiger partial charge on any atom is -0.465 e. The molecule has 1 aromatic rings. The van der Waals surface area contributed by atoms with E-state index >= 15 is 0 Å². The average Bonchev–Trinajstić information content (AvgIpc) is 3.10. The number of benzene rings is 1. The van der Waals surface area contributed by atoms with E-state index in [0.29, 0.717) is 23.1 Å². The van der Waals surface area contributed by atoms with Gasteiger partial charge < -0.3 is 15.0 Å². The fourth-order valence-electron chi connectivity index (χ4n) is 5.03. The maximum Gasteiger partial charge on any atom is 0.337 e. The van der Waals surface area contributed by atoms with Crippen molar-refractivity contribution in [3.05, 3.63) is 29.8 Å². The second kappa shape index (κ2) is 6.11. The van der Waals surface area contributed by atoms with E-state index in [2.05, 4.69) is 10.1 Å². The van der Waals surface area contributed by atoms with Gasteiger partial charge in [0, 0.05) is 18.8 Å². The quantitative estimate of drug-likeness (QED) is 0.847. The van der Waals surface area contributed by atoms with Crippen LogP contribution in [0.4, 0.5) is 10.5 Å². The summed E-state index contributed by atoms with van der Waals surface area (Å²) in [5, 5.41) is 2.96. The molecule has 0 aromatic heterocycles. The Kier molecular flexibility index (Phi) is 3.94. The lowest BCUT2D eigenvalue weighted by molar-refractivity contribution is 0.0577. The minimum absolute atomic E-state index is 0.0189. The number of urea groups is 1. The molecule has 1 aromatic carbocycles. The molecular weight excluding hydrogens is 304 g/mol. The largest absolute Gasteiger partial charge is 0.465 e. The van der Waals surface area contributed by atoms with Crippen LogP contribution in [0.2, 0.25) is 0 Å². The number of nitrogens with one attached hydrogen (secondary N) is 1. The monoisotopic (exact) mass is 328 g/mol. The van der Waals surface area contributed by atoms with Crippen LogP contribution in [0.3, 0.4) is 0 Å². The highest BCUT2D eigenvalue weighted by molar-refractivity contribution is 5.92. The van der Waals surface area contributed by atoms with Crippen molar-refractivity contribution in [2.24, 2.45) is 23.7 Å². The molecule has 1 aliphatic heterocycles. The molecule has 2 atom stereocenters. The molecule has 1 saturated heterocycles. The van der Waals surface area contributed by atoms with Crippen LogP contribution in [-0.4, -0.2) is 37.1 Å². The Labute approximate surface area is 142 Å². The second-order valence-electron chi connectivity index (χ2n) is 7.41. The van der Waals surface area contributed by atoms with Gasteiger partial charge in [-0.25, -0.2) is 9.59 Å². The van der Waals surface area contributed by atoms with Gasteiger partial charge in [-0.05, 0) is 73.6 Å². The SMILES string of the molecule is COC(=O)c1ccc(NC(=O)N2C[C@@H]3C4CCC(CC4)[C@@H]3C2)cc1. The molecule has 3 saturated carbocycles. The number of carbonyl (C=O) groups is 2. The highest BCUT2D eigenvalue weighted by Crippen LogP contribution is 2.51. The van der Waals surface area contributed by atoms with Crippen molar-refractivity contribution in [3.8, 4) is 0 Å². The van der Waals surface area contributed by atoms with Crippen LogP contribution >= 0.6 is 0 Å². The summed E-state index contributed by atoms with van der Waals surface area (Å²) < 4.78 is 4.68. The van der Waals surface area contributed by atoms with Crippen LogP contribution < -0.4 is 5.32 Å². The number of carbonyl (C=O) groups excluding carboxylic acids is 2. The predicted octanol–water partition coefficient (Wildman–Crippen LogP) is 3.37. The van der Waals surface area contributed by atoms with Gasteiger partial charge in [-0.2, -0.15) is 0 Å². The zero-order chi connectivity index (χ0) is 16.7. The highest BCUT2D eigenvalue weighted by atomic mass is 16.5. The van der Waals surface area contributed by atoms with Gasteiger partial charge in [-0.15, -0.1) is 0 Å². The topological polar surface area (TPSA) is 58.6 Å². The van der Waals surface area contributed by atoms with Crippen LogP contribution in [0.1, 0.15) is 36.0 Å². The van der Waals surface area contributed by atoms with E-state index in [1.807, 2.05) is 4.90 Å². The van der Waals surface area contributed by atoms with Gasteiger partial charge in [-0.1, -0.05) is 0 Å². The third-order valence-corrected chi connectivity index (χ3v) is 6.28. The standard InChI is InChI=1S/C19H24N2O3/c1-24-18(22)14-6-8-15(9-7-14)20-19(23)21-10-16-12-2-3-13(5-4-12)17(16)11-21/h6-9,12-13,16-17H,2-5,10-11H2,1H3,(H,20,23)/t12?,13?,16-,17+. The summed E-state index contributed by atoms with van der Waals surface area (Å²) in [6.07, 6.45) is 5.43. The summed E-state index contributed by atoms with van der Waals surface area (Å²) in [7, 11) is 1.36. The Balaban J connectivity index is 1.39. The molecule has 24 heavy (non-hydrogen) atoms. The van der Waals surface area contributed by atoms with Crippen LogP contribution in [0.5, 0.6) is 0 Å². The van der Waals surface area contributed by atoms with E-state index in [1.54, 1.807) is 24.3 Å². The van der Waals surface area contributed by atoms with Crippen molar-refractivity contribution in [2.75, 3.05) is 25.5 Å². The number of likely N-dealkylation sites (tertiary alicyclic amines) is 1. The first-order valence-corrected chi connectivity index (χ1v) is 8.90. The molecule has 2 bridgehead atoms. The molecule has 3 aliphatic carbocycles. The van der Waals surface area contributed by atoms with E-state index in [0.717, 1.165) is 24.9 Å². The van der Waals surface area contributed by atoms with E-state index in [9.17, 15) is 9.59 Å². The first-order valence-electron chi connectivity index (χ1n) is 8.90. The van der Waals surface area contributed by atoms with Crippen LogP contribution in [0.15, 0.2) is 24.3 Å². The minimum atomic E-state index is -0.369. The predicted molar refractivity (Wildman–Crippen MR) is 90.8 cm³/mol. The lowest BCUT2D eigenvalue weighted by atomic mass is 9.60. The lowest BCUT2D eigenvalue weighted by Gasteiger charge is -2.44. The van der Waals surface area contributed by atoms with Crippen molar-refractivity contribution in [3.63, 3.8) is 0 Å². The van der Waals surface area contributed by atoms with Crippen LogP contribution in [0, 0.1) is 23.7 Å². The summed E-state index contributed by atoms with van der Waals surface area (Å²) in [5.74, 6) is 2.72. The van der Waals surface area contributed by atoms with E-state index in [-0.39, 0.29) is 12.0 Å². The Hall–Kier alpha value is -2.04. The molecular formula is C19H24N2O3. The smallest absolute Gasteiger partial charge is 0.337 e. The molecule has 1 N–H and O–H groups in total. The maximum atomic E-state index is 12.6. The highest BCUT2D eigenvalue weighted by Gasteiger charge is 2.49. The van der Waals surface area contributed by atoms with Crippen molar-refractivity contribution < 1.29 is 14.3 Å². The molecule has 0 unspecified atom stereocenters. The van der Waals surface area contributed by atoms with Gasteiger partial charge in [0.05, 0.1) is 12.7 Å². The Morgan fingerprint density at radius 3 is 2.04 bits per heavy atom. The summed E-state index contributed by atoms with van der Waals surface area (Å²) in [6, 6.07) is 6.82. The maximum absolute atomic E-state index is 12.6. The molecule has 4 aliphatic rings. The lowest BCUT2D eigenvalue weighted by Crippen LogP contribution is -2.38. The molecule has 2 amide bonds. The van der Waals surface area contributed by atoms with Crippen molar-refractivity contribution in [1.29, 1.82) is 0 Å². The van der Waals surface area contributed by atoms with Crippen LogP contribution in [-0.2, 0) is 4.74 Å². The Bertz CT molecular complexity index is 615. The number of rotatable bonds is 2. The molecule has 128 valence electrons. The van der Waals surface area contributed by atoms with Gasteiger partial charge in [0.15, 0.2) is 0 Å². The number of hydrogen-bond donors (Lipinski definition) is 1. The number of fused-ring (bicyclic) bond motifs is 2. The molecule has 4 fully saturated rings. The van der Waals surface area contributed by atoms with Crippen molar-refractivity contribution in [1.82, 2.24) is 4.90 Å². The Morgan fingerprint density at radius 1 is 1.00 bits per heavy atom. The second-order valence-corrected chi connectivity index (χ2v) is 7.41. The molecule has 0 radical (unpaired) electrons. The van der Waals surface area contributed by atoms with Gasteiger partial charge in [0.2, 0.25) is 0 Å². The fraction of sp³-hybridized carbons (Fsp3) is 0.579. The van der Waals surface area contributed by atoms with Gasteiger partial charge in [0.1, 0.15) is 0 Å². The van der Waals surface area contributed by atoms with Gasteiger partial charge in [0.25, 0.3) is 0 Å². The Morgan fingerprint density at radius 2 is 1.54 bits per heavy atom. The fourth-order valence-corrected chi connectivity index (χ4v) is 5.03. The number of nitrogens with zero attached hydrogens (tertiary/aromatic N) is 1. The van der Waals surface area contributed by atoms with Gasteiger partial charge >= 0.3 is 12.0 Å². The first-order chi connectivity index (χ1) is 11.7. The van der Waals surface area contributed by atoms with Crippen molar-refractivity contribution in [2.45, 2.75) is 25.7 Å². The van der Waals surface area contributed by atoms with E-state index < -0.39 is 0 Å². The third-order valence-electron chi connectivity index (χ3n) is 6.28. The van der Waals surface area contributed by atoms with E-state index in [1.165, 1.54) is 32.8 Å². The third kappa shape index (κ3) is 2.66. The zero-order valence-electron chi connectivity index (χ0n) is 14.0. The number of esters is 1. The molecule has 5 nitrogen and oxygen atoms in total. The van der Waals surface area contributed by atoms with Gasteiger partial charge in [-0.3, -0.25) is 0 Å². The molecule has 0 spiro atoms. The summed E-state index contributed by atoms with van der Waals surface area (Å²) >= 11 is 0. The number of hydrogen-bond acceptors (Lipinski definition) is 3. The molecule has 5 rings (SSSR count). The summed E-state index contributed by atoms with van der Waals surface area (Å²) in [6.45, 7) is 1.80. The normalized spacial score (nSPS) is 30.8. The number of anilines is 1. The van der Waals surface area contributed by atoms with Crippen LogP contribution in [0.25, 0.3) is 0 Å².